The quantitative estimate of drug-likeness (QED) is 0.743. The first kappa shape index (κ1) is 12.2. The molecular formula is C18H19N. The third kappa shape index (κ3) is 2.46. The van der Waals surface area contributed by atoms with Gasteiger partial charge in [0.05, 0.1) is 6.04 Å². The number of rotatable bonds is 2. The van der Waals surface area contributed by atoms with Gasteiger partial charge in [-0.2, -0.15) is 0 Å². The van der Waals surface area contributed by atoms with Crippen LogP contribution < -0.4 is 0 Å². The number of aliphatic imine (C=N–C) groups is 1. The van der Waals surface area contributed by atoms with E-state index in [4.69, 9.17) is 4.99 Å². The van der Waals surface area contributed by atoms with Crippen LogP contribution in [0.2, 0.25) is 0 Å². The summed E-state index contributed by atoms with van der Waals surface area (Å²) in [6.45, 7) is 4.32. The molecule has 1 heteroatoms. The highest BCUT2D eigenvalue weighted by Gasteiger charge is 2.17. The average molecular weight is 249 g/mol. The van der Waals surface area contributed by atoms with Crippen molar-refractivity contribution >= 4 is 5.71 Å². The molecule has 0 aromatic heterocycles. The number of nitrogens with zero attached hydrogens (tertiary/aromatic N) is 1. The van der Waals surface area contributed by atoms with Crippen LogP contribution in [-0.2, 0) is 6.42 Å². The van der Waals surface area contributed by atoms with Gasteiger partial charge in [0.2, 0.25) is 0 Å². The molecule has 0 N–H and O–H groups in total. The highest BCUT2D eigenvalue weighted by atomic mass is 14.8. The van der Waals surface area contributed by atoms with Gasteiger partial charge in [-0.3, -0.25) is 4.99 Å². The van der Waals surface area contributed by atoms with Crippen LogP contribution in [0.25, 0.3) is 0 Å². The van der Waals surface area contributed by atoms with Gasteiger partial charge in [-0.25, -0.2) is 0 Å². The summed E-state index contributed by atoms with van der Waals surface area (Å²) in [4.78, 5) is 4.95. The van der Waals surface area contributed by atoms with E-state index in [0.717, 1.165) is 12.8 Å². The Balaban J connectivity index is 1.91. The van der Waals surface area contributed by atoms with Gasteiger partial charge in [0, 0.05) is 5.71 Å². The Bertz CT molecular complexity index is 625. The molecular weight excluding hydrogens is 230 g/mol. The van der Waals surface area contributed by atoms with Crippen molar-refractivity contribution in [2.24, 2.45) is 4.99 Å². The molecule has 0 fully saturated rings. The first-order chi connectivity index (χ1) is 9.24. The molecule has 0 amide bonds. The number of hydrogen-bond donors (Lipinski definition) is 0. The highest BCUT2D eigenvalue weighted by molar-refractivity contribution is 6.04. The van der Waals surface area contributed by atoms with E-state index in [1.54, 1.807) is 0 Å². The Morgan fingerprint density at radius 2 is 1.84 bits per heavy atom. The van der Waals surface area contributed by atoms with Crippen LogP contribution >= 0.6 is 0 Å². The zero-order valence-corrected chi connectivity index (χ0v) is 11.6. The maximum absolute atomic E-state index is 4.95. The molecule has 0 saturated carbocycles. The van der Waals surface area contributed by atoms with E-state index in [1.165, 1.54) is 28.0 Å². The second-order valence-corrected chi connectivity index (χ2v) is 5.32. The topological polar surface area (TPSA) is 12.4 Å². The highest BCUT2D eigenvalue weighted by Crippen LogP contribution is 2.26. The van der Waals surface area contributed by atoms with Gasteiger partial charge >= 0.3 is 0 Å². The minimum atomic E-state index is 0.237. The largest absolute Gasteiger partial charge is 0.281 e. The standard InChI is InChI=1S/C18H19N/c1-13-6-5-8-16(12-13)14(2)19-18-11-10-15-7-3-4-9-17(15)18/h3-9,12,14H,10-11H2,1-2H3. The van der Waals surface area contributed by atoms with Gasteiger partial charge in [0.25, 0.3) is 0 Å². The Hall–Kier alpha value is -1.89. The van der Waals surface area contributed by atoms with Crippen molar-refractivity contribution < 1.29 is 0 Å². The molecule has 0 spiro atoms. The number of aryl methyl sites for hydroxylation is 2. The maximum Gasteiger partial charge on any atom is 0.0724 e. The average Bonchev–Trinajstić information content (AvgIpc) is 2.82. The van der Waals surface area contributed by atoms with Crippen molar-refractivity contribution in [2.45, 2.75) is 32.7 Å². The number of benzene rings is 2. The van der Waals surface area contributed by atoms with E-state index < -0.39 is 0 Å². The molecule has 3 rings (SSSR count). The third-order valence-electron chi connectivity index (χ3n) is 3.83. The van der Waals surface area contributed by atoms with Gasteiger partial charge in [-0.15, -0.1) is 0 Å². The van der Waals surface area contributed by atoms with E-state index in [-0.39, 0.29) is 6.04 Å². The summed E-state index contributed by atoms with van der Waals surface area (Å²) in [5, 5.41) is 0. The molecule has 1 unspecified atom stereocenters. The molecule has 0 radical (unpaired) electrons. The van der Waals surface area contributed by atoms with Gasteiger partial charge in [0.15, 0.2) is 0 Å². The fourth-order valence-electron chi connectivity index (χ4n) is 2.78. The van der Waals surface area contributed by atoms with Gasteiger partial charge in [-0.1, -0.05) is 54.1 Å². The Labute approximate surface area is 115 Å². The third-order valence-corrected chi connectivity index (χ3v) is 3.83. The fraction of sp³-hybridized carbons (Fsp3) is 0.278. The van der Waals surface area contributed by atoms with Crippen molar-refractivity contribution in [1.29, 1.82) is 0 Å². The molecule has 0 saturated heterocycles. The molecule has 1 nitrogen and oxygen atoms in total. The second-order valence-electron chi connectivity index (χ2n) is 5.32. The normalized spacial score (nSPS) is 17.5. The van der Waals surface area contributed by atoms with Gasteiger partial charge in [0.1, 0.15) is 0 Å². The van der Waals surface area contributed by atoms with Crippen LogP contribution in [0.4, 0.5) is 0 Å². The lowest BCUT2D eigenvalue weighted by Gasteiger charge is -2.10. The van der Waals surface area contributed by atoms with Crippen molar-refractivity contribution in [2.75, 3.05) is 0 Å². The number of fused-ring (bicyclic) bond motifs is 1. The molecule has 0 aliphatic heterocycles. The Kier molecular flexibility index (Phi) is 3.20. The van der Waals surface area contributed by atoms with Crippen LogP contribution in [0, 0.1) is 6.92 Å². The van der Waals surface area contributed by atoms with E-state index in [1.807, 2.05) is 0 Å². The molecule has 1 aliphatic rings. The predicted octanol–water partition coefficient (Wildman–Crippen LogP) is 4.49. The van der Waals surface area contributed by atoms with Crippen molar-refractivity contribution in [1.82, 2.24) is 0 Å². The summed E-state index contributed by atoms with van der Waals surface area (Å²) >= 11 is 0. The zero-order valence-electron chi connectivity index (χ0n) is 11.6. The molecule has 2 aromatic rings. The summed E-state index contributed by atoms with van der Waals surface area (Å²) in [6, 6.07) is 17.5. The first-order valence-electron chi connectivity index (χ1n) is 6.95. The van der Waals surface area contributed by atoms with Gasteiger partial charge in [-0.05, 0) is 43.4 Å². The van der Waals surface area contributed by atoms with Gasteiger partial charge < -0.3 is 0 Å². The van der Waals surface area contributed by atoms with Crippen LogP contribution in [0.15, 0.2) is 53.5 Å². The molecule has 0 bridgehead atoms. The smallest absolute Gasteiger partial charge is 0.0724 e. The van der Waals surface area contributed by atoms with E-state index in [2.05, 4.69) is 62.4 Å². The molecule has 1 aliphatic carbocycles. The Morgan fingerprint density at radius 1 is 1.00 bits per heavy atom. The van der Waals surface area contributed by atoms with Crippen LogP contribution in [-0.4, -0.2) is 5.71 Å². The first-order valence-corrected chi connectivity index (χ1v) is 6.95. The molecule has 0 heterocycles. The molecule has 1 atom stereocenters. The molecule has 2 aromatic carbocycles. The SMILES string of the molecule is Cc1cccc(C(C)N=C2CCc3ccccc32)c1. The van der Waals surface area contributed by atoms with Crippen LogP contribution in [0.3, 0.4) is 0 Å². The summed E-state index contributed by atoms with van der Waals surface area (Å²) in [5.74, 6) is 0. The molecule has 96 valence electrons. The summed E-state index contributed by atoms with van der Waals surface area (Å²) in [6.07, 6.45) is 2.21. The minimum Gasteiger partial charge on any atom is -0.281 e. The fourth-order valence-corrected chi connectivity index (χ4v) is 2.78. The summed E-state index contributed by atoms with van der Waals surface area (Å²) in [5.41, 5.74) is 6.66. The van der Waals surface area contributed by atoms with Crippen molar-refractivity contribution in [3.63, 3.8) is 0 Å². The van der Waals surface area contributed by atoms with Crippen molar-refractivity contribution in [3.8, 4) is 0 Å². The Morgan fingerprint density at radius 3 is 2.68 bits per heavy atom. The zero-order chi connectivity index (χ0) is 13.2. The second kappa shape index (κ2) is 5.00. The van der Waals surface area contributed by atoms with E-state index >= 15 is 0 Å². The summed E-state index contributed by atoms with van der Waals surface area (Å²) < 4.78 is 0. The lowest BCUT2D eigenvalue weighted by molar-refractivity contribution is 0.814. The lowest BCUT2D eigenvalue weighted by Crippen LogP contribution is -1.99. The monoisotopic (exact) mass is 249 g/mol. The number of hydrogen-bond acceptors (Lipinski definition) is 1. The van der Waals surface area contributed by atoms with Crippen LogP contribution in [0.5, 0.6) is 0 Å². The van der Waals surface area contributed by atoms with Crippen LogP contribution in [0.1, 0.15) is 41.6 Å². The van der Waals surface area contributed by atoms with E-state index in [0.29, 0.717) is 0 Å². The summed E-state index contributed by atoms with van der Waals surface area (Å²) in [7, 11) is 0. The maximum atomic E-state index is 4.95. The predicted molar refractivity (Wildman–Crippen MR) is 80.9 cm³/mol. The minimum absolute atomic E-state index is 0.237. The molecule has 19 heavy (non-hydrogen) atoms. The van der Waals surface area contributed by atoms with E-state index in [9.17, 15) is 0 Å². The lowest BCUT2D eigenvalue weighted by atomic mass is 10.1. The van der Waals surface area contributed by atoms with Crippen molar-refractivity contribution in [3.05, 3.63) is 70.8 Å².